The molecule has 2 atom stereocenters. The van der Waals surface area contributed by atoms with Gasteiger partial charge in [-0.2, -0.15) is 5.26 Å². The standard InChI is InChI=1S/C16H16N4OS/c1-3-12-16-11(9(2)6-15(18)19-16)7-13(20(12)21)14-5-4-10(8-17)22-14/h4-7,12,20H,3H2,1-2H3,(H2,18,19). The van der Waals surface area contributed by atoms with E-state index < -0.39 is 0 Å². The van der Waals surface area contributed by atoms with E-state index in [9.17, 15) is 5.21 Å². The number of rotatable bonds is 2. The number of hydrogen-bond acceptors (Lipinski definition) is 5. The maximum atomic E-state index is 12.8. The molecule has 0 spiro atoms. The quantitative estimate of drug-likeness (QED) is 0.832. The predicted molar refractivity (Wildman–Crippen MR) is 87.7 cm³/mol. The Kier molecular flexibility index (Phi) is 3.71. The van der Waals surface area contributed by atoms with E-state index in [1.165, 1.54) is 11.3 Å². The van der Waals surface area contributed by atoms with Gasteiger partial charge < -0.3 is 16.0 Å². The molecule has 2 aromatic rings. The van der Waals surface area contributed by atoms with Gasteiger partial charge in [0.15, 0.2) is 0 Å². The molecule has 5 nitrogen and oxygen atoms in total. The minimum absolute atomic E-state index is 0.0545. The van der Waals surface area contributed by atoms with Gasteiger partial charge in [0.25, 0.3) is 0 Å². The fourth-order valence-electron chi connectivity index (χ4n) is 2.83. The van der Waals surface area contributed by atoms with E-state index in [2.05, 4.69) is 11.1 Å². The summed E-state index contributed by atoms with van der Waals surface area (Å²) in [6, 6.07) is 7.25. The lowest BCUT2D eigenvalue weighted by molar-refractivity contribution is -0.807. The van der Waals surface area contributed by atoms with Gasteiger partial charge in [0.1, 0.15) is 34.2 Å². The third kappa shape index (κ3) is 2.29. The molecule has 0 saturated carbocycles. The van der Waals surface area contributed by atoms with Crippen LogP contribution in [0.2, 0.25) is 0 Å². The number of aromatic nitrogens is 1. The minimum atomic E-state index is -0.273. The Morgan fingerprint density at radius 3 is 2.91 bits per heavy atom. The van der Waals surface area contributed by atoms with E-state index in [0.29, 0.717) is 22.8 Å². The molecule has 2 aromatic heterocycles. The molecule has 0 bridgehead atoms. The van der Waals surface area contributed by atoms with Crippen LogP contribution >= 0.6 is 11.3 Å². The normalized spacial score (nSPS) is 20.2. The van der Waals surface area contributed by atoms with Crippen molar-refractivity contribution in [1.82, 2.24) is 4.98 Å². The van der Waals surface area contributed by atoms with Crippen molar-refractivity contribution < 1.29 is 5.06 Å². The Morgan fingerprint density at radius 1 is 1.50 bits per heavy atom. The van der Waals surface area contributed by atoms with Crippen molar-refractivity contribution in [1.29, 1.82) is 5.26 Å². The topological polar surface area (TPSA) is 90.2 Å². The van der Waals surface area contributed by atoms with Gasteiger partial charge in [0.2, 0.25) is 0 Å². The van der Waals surface area contributed by atoms with E-state index in [-0.39, 0.29) is 11.1 Å². The first-order valence-corrected chi connectivity index (χ1v) is 7.90. The molecule has 0 fully saturated rings. The van der Waals surface area contributed by atoms with Crippen molar-refractivity contribution in [3.63, 3.8) is 0 Å². The van der Waals surface area contributed by atoms with Gasteiger partial charge in [0.05, 0.1) is 4.88 Å². The smallest absolute Gasteiger partial charge is 0.149 e. The first kappa shape index (κ1) is 14.7. The van der Waals surface area contributed by atoms with E-state index in [1.807, 2.05) is 32.1 Å². The van der Waals surface area contributed by atoms with Crippen LogP contribution in [-0.4, -0.2) is 4.98 Å². The number of quaternary nitrogens is 1. The highest BCUT2D eigenvalue weighted by molar-refractivity contribution is 7.13. The van der Waals surface area contributed by atoms with Crippen LogP contribution in [-0.2, 0) is 0 Å². The number of fused-ring (bicyclic) bond motifs is 1. The molecule has 0 aliphatic carbocycles. The lowest BCUT2D eigenvalue weighted by atomic mass is 9.95. The number of nitrogens with one attached hydrogen (secondary N) is 1. The second-order valence-electron chi connectivity index (χ2n) is 5.32. The van der Waals surface area contributed by atoms with Gasteiger partial charge in [-0.15, -0.1) is 11.3 Å². The second kappa shape index (κ2) is 5.54. The zero-order valence-electron chi connectivity index (χ0n) is 12.4. The van der Waals surface area contributed by atoms with Crippen LogP contribution in [0.3, 0.4) is 0 Å². The number of nitriles is 1. The molecule has 0 aromatic carbocycles. The maximum Gasteiger partial charge on any atom is 0.149 e. The number of nitrogens with zero attached hydrogens (tertiary/aromatic N) is 2. The summed E-state index contributed by atoms with van der Waals surface area (Å²) in [5.41, 5.74) is 9.26. The molecule has 0 amide bonds. The Labute approximate surface area is 132 Å². The summed E-state index contributed by atoms with van der Waals surface area (Å²) < 4.78 is 0. The third-order valence-electron chi connectivity index (χ3n) is 3.91. The van der Waals surface area contributed by atoms with Gasteiger partial charge in [-0.3, -0.25) is 0 Å². The van der Waals surface area contributed by atoms with Gasteiger partial charge in [-0.1, -0.05) is 6.92 Å². The van der Waals surface area contributed by atoms with E-state index >= 15 is 0 Å². The first-order valence-electron chi connectivity index (χ1n) is 7.08. The number of thiophene rings is 1. The average Bonchev–Trinajstić information content (AvgIpc) is 2.95. The molecule has 112 valence electrons. The average molecular weight is 312 g/mol. The molecular weight excluding hydrogens is 296 g/mol. The van der Waals surface area contributed by atoms with Crippen LogP contribution in [0.1, 0.15) is 46.0 Å². The largest absolute Gasteiger partial charge is 0.628 e. The molecular formula is C16H16N4OS. The molecule has 1 aliphatic heterocycles. The Bertz CT molecular complexity index is 803. The highest BCUT2D eigenvalue weighted by atomic mass is 32.1. The highest BCUT2D eigenvalue weighted by Crippen LogP contribution is 2.32. The summed E-state index contributed by atoms with van der Waals surface area (Å²) in [6.07, 6.45) is 2.56. The summed E-state index contributed by atoms with van der Waals surface area (Å²) in [5, 5.41) is 21.8. The van der Waals surface area contributed by atoms with Crippen LogP contribution in [0, 0.1) is 23.5 Å². The number of anilines is 1. The predicted octanol–water partition coefficient (Wildman–Crippen LogP) is 2.25. The monoisotopic (exact) mass is 312 g/mol. The first-order chi connectivity index (χ1) is 10.5. The second-order valence-corrected chi connectivity index (χ2v) is 6.41. The molecule has 2 unspecified atom stereocenters. The summed E-state index contributed by atoms with van der Waals surface area (Å²) in [7, 11) is 0. The van der Waals surface area contributed by atoms with E-state index in [1.54, 1.807) is 6.07 Å². The summed E-state index contributed by atoms with van der Waals surface area (Å²) in [6.45, 7) is 3.95. The Balaban J connectivity index is 2.19. The van der Waals surface area contributed by atoms with Crippen LogP contribution < -0.4 is 10.8 Å². The van der Waals surface area contributed by atoms with Crippen LogP contribution in [0.4, 0.5) is 5.82 Å². The number of nitrogen functional groups attached to an aromatic ring is 1. The SMILES string of the molecule is CCC1c2nc(N)cc(C)c2C=C(c2ccc(C#N)s2)[NH+]1[O-]. The van der Waals surface area contributed by atoms with Crippen molar-refractivity contribution >= 4 is 28.9 Å². The highest BCUT2D eigenvalue weighted by Gasteiger charge is 2.31. The Morgan fingerprint density at radius 2 is 2.27 bits per heavy atom. The summed E-state index contributed by atoms with van der Waals surface area (Å²) in [4.78, 5) is 5.83. The van der Waals surface area contributed by atoms with Crippen LogP contribution in [0.25, 0.3) is 11.8 Å². The molecule has 3 heterocycles. The lowest BCUT2D eigenvalue weighted by Crippen LogP contribution is -3.05. The van der Waals surface area contributed by atoms with Crippen molar-refractivity contribution in [2.75, 3.05) is 5.73 Å². The summed E-state index contributed by atoms with van der Waals surface area (Å²) in [5.74, 6) is 0.447. The maximum absolute atomic E-state index is 12.8. The number of pyridine rings is 1. The van der Waals surface area contributed by atoms with Gasteiger partial charge in [-0.25, -0.2) is 4.98 Å². The molecule has 3 N–H and O–H groups in total. The van der Waals surface area contributed by atoms with Crippen molar-refractivity contribution in [2.45, 2.75) is 26.3 Å². The fraction of sp³-hybridized carbons (Fsp3) is 0.250. The van der Waals surface area contributed by atoms with E-state index in [0.717, 1.165) is 21.7 Å². The fourth-order valence-corrected chi connectivity index (χ4v) is 3.65. The molecule has 3 rings (SSSR count). The molecule has 22 heavy (non-hydrogen) atoms. The lowest BCUT2D eigenvalue weighted by Gasteiger charge is -2.36. The zero-order chi connectivity index (χ0) is 15.9. The van der Waals surface area contributed by atoms with Crippen molar-refractivity contribution in [3.8, 4) is 6.07 Å². The number of hydrogen-bond donors (Lipinski definition) is 2. The minimum Gasteiger partial charge on any atom is -0.628 e. The number of aryl methyl sites for hydroxylation is 1. The molecule has 6 heteroatoms. The molecule has 0 radical (unpaired) electrons. The third-order valence-corrected chi connectivity index (χ3v) is 4.93. The molecule has 1 aliphatic rings. The molecule has 0 saturated heterocycles. The van der Waals surface area contributed by atoms with E-state index in [4.69, 9.17) is 11.0 Å². The van der Waals surface area contributed by atoms with Crippen LogP contribution in [0.5, 0.6) is 0 Å². The summed E-state index contributed by atoms with van der Waals surface area (Å²) >= 11 is 1.34. The van der Waals surface area contributed by atoms with Gasteiger partial charge >= 0.3 is 0 Å². The van der Waals surface area contributed by atoms with Crippen LogP contribution in [0.15, 0.2) is 18.2 Å². The van der Waals surface area contributed by atoms with Gasteiger partial charge in [-0.05, 0) is 30.7 Å². The van der Waals surface area contributed by atoms with Gasteiger partial charge in [0, 0.05) is 18.1 Å². The van der Waals surface area contributed by atoms with Crippen molar-refractivity contribution in [3.05, 3.63) is 50.0 Å². The number of hydroxylamine groups is 2. The Hall–Kier alpha value is -2.20. The zero-order valence-corrected chi connectivity index (χ0v) is 13.2. The number of nitrogens with two attached hydrogens (primary N) is 1. The van der Waals surface area contributed by atoms with Crippen molar-refractivity contribution in [2.24, 2.45) is 0 Å².